The Balaban J connectivity index is 1.48. The zero-order valence-electron chi connectivity index (χ0n) is 13.8. The van der Waals surface area contributed by atoms with Gasteiger partial charge < -0.3 is 15.4 Å². The van der Waals surface area contributed by atoms with Crippen LogP contribution in [0.15, 0.2) is 54.6 Å². The Morgan fingerprint density at radius 2 is 1.79 bits per heavy atom. The molecule has 0 saturated carbocycles. The highest BCUT2D eigenvalue weighted by molar-refractivity contribution is 5.67. The standard InChI is InChI=1S/C20H24N2O2/c23-20(24-15-16-5-2-1-3-6-16)22-14-17-7-4-8-19(13-17)18-9-11-21-12-10-18/h1-8,13,18,21H,9-12,14-15H2,(H,22,23). The van der Waals surface area contributed by atoms with Gasteiger partial charge in [-0.3, -0.25) is 0 Å². The summed E-state index contributed by atoms with van der Waals surface area (Å²) in [5, 5.41) is 6.22. The molecule has 0 bridgehead atoms. The van der Waals surface area contributed by atoms with Gasteiger partial charge in [0.15, 0.2) is 0 Å². The van der Waals surface area contributed by atoms with Gasteiger partial charge in [0, 0.05) is 6.54 Å². The van der Waals surface area contributed by atoms with E-state index in [-0.39, 0.29) is 6.09 Å². The van der Waals surface area contributed by atoms with Crippen LogP contribution in [0.1, 0.15) is 35.4 Å². The molecule has 4 heteroatoms. The van der Waals surface area contributed by atoms with E-state index in [0.717, 1.165) is 24.2 Å². The highest BCUT2D eigenvalue weighted by Crippen LogP contribution is 2.25. The van der Waals surface area contributed by atoms with Crippen molar-refractivity contribution >= 4 is 6.09 Å². The van der Waals surface area contributed by atoms with E-state index in [1.54, 1.807) is 0 Å². The number of hydrogen-bond donors (Lipinski definition) is 2. The fraction of sp³-hybridized carbons (Fsp3) is 0.350. The lowest BCUT2D eigenvalue weighted by molar-refractivity contribution is 0.139. The smallest absolute Gasteiger partial charge is 0.407 e. The molecule has 2 aromatic rings. The molecule has 1 aliphatic rings. The molecule has 1 fully saturated rings. The van der Waals surface area contributed by atoms with Crippen LogP contribution in [-0.2, 0) is 17.9 Å². The zero-order valence-corrected chi connectivity index (χ0v) is 13.8. The van der Waals surface area contributed by atoms with Crippen molar-refractivity contribution in [2.45, 2.75) is 31.9 Å². The summed E-state index contributed by atoms with van der Waals surface area (Å²) in [6, 6.07) is 18.2. The van der Waals surface area contributed by atoms with E-state index < -0.39 is 0 Å². The Bertz CT molecular complexity index is 652. The van der Waals surface area contributed by atoms with Crippen molar-refractivity contribution in [2.75, 3.05) is 13.1 Å². The van der Waals surface area contributed by atoms with Crippen LogP contribution in [0.4, 0.5) is 4.79 Å². The Kier molecular flexibility index (Phi) is 5.85. The van der Waals surface area contributed by atoms with Crippen LogP contribution in [0.5, 0.6) is 0 Å². The molecule has 1 amide bonds. The Morgan fingerprint density at radius 3 is 2.58 bits per heavy atom. The number of nitrogens with one attached hydrogen (secondary N) is 2. The average molecular weight is 324 g/mol. The van der Waals surface area contributed by atoms with E-state index in [4.69, 9.17) is 4.74 Å². The molecule has 0 atom stereocenters. The normalized spacial score (nSPS) is 15.0. The van der Waals surface area contributed by atoms with Gasteiger partial charge in [-0.25, -0.2) is 4.79 Å². The molecule has 1 heterocycles. The van der Waals surface area contributed by atoms with Gasteiger partial charge in [0.1, 0.15) is 6.61 Å². The number of amides is 1. The van der Waals surface area contributed by atoms with Crippen LogP contribution in [0.2, 0.25) is 0 Å². The lowest BCUT2D eigenvalue weighted by Gasteiger charge is -2.23. The van der Waals surface area contributed by atoms with E-state index in [1.807, 2.05) is 36.4 Å². The minimum absolute atomic E-state index is 0.293. The third-order valence-corrected chi connectivity index (χ3v) is 4.41. The summed E-state index contributed by atoms with van der Waals surface area (Å²) in [6.07, 6.45) is 1.97. The number of hydrogen-bond acceptors (Lipinski definition) is 3. The molecular weight excluding hydrogens is 300 g/mol. The van der Waals surface area contributed by atoms with Gasteiger partial charge in [-0.2, -0.15) is 0 Å². The van der Waals surface area contributed by atoms with Crippen molar-refractivity contribution < 1.29 is 9.53 Å². The van der Waals surface area contributed by atoms with Crippen LogP contribution in [0.3, 0.4) is 0 Å². The maximum Gasteiger partial charge on any atom is 0.407 e. The zero-order chi connectivity index (χ0) is 16.6. The van der Waals surface area contributed by atoms with Crippen LogP contribution < -0.4 is 10.6 Å². The van der Waals surface area contributed by atoms with Crippen LogP contribution in [0.25, 0.3) is 0 Å². The molecule has 0 spiro atoms. The molecule has 1 aliphatic heterocycles. The fourth-order valence-electron chi connectivity index (χ4n) is 3.06. The summed E-state index contributed by atoms with van der Waals surface area (Å²) >= 11 is 0. The Hall–Kier alpha value is -2.33. The molecule has 4 nitrogen and oxygen atoms in total. The monoisotopic (exact) mass is 324 g/mol. The third-order valence-electron chi connectivity index (χ3n) is 4.41. The molecule has 0 radical (unpaired) electrons. The quantitative estimate of drug-likeness (QED) is 0.884. The predicted molar refractivity (Wildman–Crippen MR) is 94.8 cm³/mol. The summed E-state index contributed by atoms with van der Waals surface area (Å²) in [5.74, 6) is 0.622. The predicted octanol–water partition coefficient (Wildman–Crippen LogP) is 3.58. The molecule has 0 unspecified atom stereocenters. The van der Waals surface area contributed by atoms with E-state index in [0.29, 0.717) is 19.1 Å². The summed E-state index contributed by atoms with van der Waals surface area (Å²) in [4.78, 5) is 11.8. The number of benzene rings is 2. The van der Waals surface area contributed by atoms with Gasteiger partial charge in [-0.1, -0.05) is 54.6 Å². The third kappa shape index (κ3) is 4.83. The average Bonchev–Trinajstić information content (AvgIpc) is 2.66. The van der Waals surface area contributed by atoms with Gasteiger partial charge in [0.05, 0.1) is 0 Å². The second-order valence-electron chi connectivity index (χ2n) is 6.18. The van der Waals surface area contributed by atoms with Crippen LogP contribution >= 0.6 is 0 Å². The van der Waals surface area contributed by atoms with Gasteiger partial charge in [-0.05, 0) is 48.5 Å². The van der Waals surface area contributed by atoms with E-state index in [9.17, 15) is 4.79 Å². The number of carbonyl (C=O) groups excluding carboxylic acids is 1. The second kappa shape index (κ2) is 8.50. The molecule has 126 valence electrons. The van der Waals surface area contributed by atoms with Crippen molar-refractivity contribution in [3.8, 4) is 0 Å². The molecule has 3 rings (SSSR count). The van der Waals surface area contributed by atoms with Gasteiger partial charge in [-0.15, -0.1) is 0 Å². The molecule has 0 aromatic heterocycles. The number of carbonyl (C=O) groups is 1. The Labute approximate surface area is 143 Å². The largest absolute Gasteiger partial charge is 0.445 e. The highest BCUT2D eigenvalue weighted by atomic mass is 16.5. The van der Waals surface area contributed by atoms with Crippen molar-refractivity contribution in [1.82, 2.24) is 10.6 Å². The van der Waals surface area contributed by atoms with Crippen LogP contribution in [-0.4, -0.2) is 19.2 Å². The molecule has 2 aromatic carbocycles. The first-order valence-corrected chi connectivity index (χ1v) is 8.55. The number of rotatable bonds is 5. The van der Waals surface area contributed by atoms with Crippen LogP contribution in [0, 0.1) is 0 Å². The van der Waals surface area contributed by atoms with Gasteiger partial charge >= 0.3 is 6.09 Å². The first-order valence-electron chi connectivity index (χ1n) is 8.55. The van der Waals surface area contributed by atoms with Crippen molar-refractivity contribution in [3.05, 3.63) is 71.3 Å². The van der Waals surface area contributed by atoms with Crippen molar-refractivity contribution in [2.24, 2.45) is 0 Å². The topological polar surface area (TPSA) is 50.4 Å². The second-order valence-corrected chi connectivity index (χ2v) is 6.18. The summed E-state index contributed by atoms with van der Waals surface area (Å²) in [6.45, 7) is 2.95. The first-order chi connectivity index (χ1) is 11.8. The van der Waals surface area contributed by atoms with Gasteiger partial charge in [0.2, 0.25) is 0 Å². The fourth-order valence-corrected chi connectivity index (χ4v) is 3.06. The van der Waals surface area contributed by atoms with E-state index in [1.165, 1.54) is 18.4 Å². The minimum Gasteiger partial charge on any atom is -0.445 e. The van der Waals surface area contributed by atoms with Gasteiger partial charge in [0.25, 0.3) is 0 Å². The molecule has 0 aliphatic carbocycles. The maximum absolute atomic E-state index is 11.8. The lowest BCUT2D eigenvalue weighted by Crippen LogP contribution is -2.27. The van der Waals surface area contributed by atoms with E-state index in [2.05, 4.69) is 28.8 Å². The Morgan fingerprint density at radius 1 is 1.04 bits per heavy atom. The molecule has 1 saturated heterocycles. The van der Waals surface area contributed by atoms with Crippen molar-refractivity contribution in [1.29, 1.82) is 0 Å². The molecule has 24 heavy (non-hydrogen) atoms. The summed E-state index contributed by atoms with van der Waals surface area (Å²) in [5.41, 5.74) is 3.47. The lowest BCUT2D eigenvalue weighted by atomic mass is 9.89. The number of piperidine rings is 1. The number of alkyl carbamates (subject to hydrolysis) is 1. The van der Waals surface area contributed by atoms with Crippen molar-refractivity contribution in [3.63, 3.8) is 0 Å². The molecular formula is C20H24N2O2. The van der Waals surface area contributed by atoms with E-state index >= 15 is 0 Å². The molecule has 2 N–H and O–H groups in total. The number of ether oxygens (including phenoxy) is 1. The summed E-state index contributed by atoms with van der Waals surface area (Å²) in [7, 11) is 0. The highest BCUT2D eigenvalue weighted by Gasteiger charge is 2.15. The summed E-state index contributed by atoms with van der Waals surface area (Å²) < 4.78 is 5.24. The SMILES string of the molecule is O=C(NCc1cccc(C2CCNCC2)c1)OCc1ccccc1. The first kappa shape index (κ1) is 16.5. The minimum atomic E-state index is -0.383. The maximum atomic E-state index is 11.8.